The molecule has 0 bridgehead atoms. The molecule has 2 aromatic rings. The van der Waals surface area contributed by atoms with E-state index >= 15 is 0 Å². The van der Waals surface area contributed by atoms with Crippen LogP contribution in [0.4, 0.5) is 10.8 Å². The number of benzene rings is 1. The zero-order valence-corrected chi connectivity index (χ0v) is 12.6. The van der Waals surface area contributed by atoms with Crippen LogP contribution in [0, 0.1) is 0 Å². The quantitative estimate of drug-likeness (QED) is 0.870. The van der Waals surface area contributed by atoms with E-state index in [1.807, 2.05) is 63.4 Å². The average Bonchev–Trinajstić information content (AvgIpc) is 2.78. The minimum Gasteiger partial charge on any atom is -0.367 e. The molecule has 4 heteroatoms. The molecule has 0 aliphatic rings. The summed E-state index contributed by atoms with van der Waals surface area (Å²) in [6, 6.07) is 10.1. The van der Waals surface area contributed by atoms with Crippen LogP contribution in [0.2, 0.25) is 0 Å². The van der Waals surface area contributed by atoms with Crippen LogP contribution in [0.15, 0.2) is 35.7 Å². The van der Waals surface area contributed by atoms with Crippen molar-refractivity contribution in [2.75, 3.05) is 5.32 Å². The van der Waals surface area contributed by atoms with Crippen LogP contribution < -0.4 is 5.32 Å². The lowest BCUT2D eigenvalue weighted by Gasteiger charge is -2.25. The highest BCUT2D eigenvalue weighted by Crippen LogP contribution is 2.30. The molecule has 0 radical (unpaired) electrons. The van der Waals surface area contributed by atoms with Crippen molar-refractivity contribution >= 4 is 22.2 Å². The van der Waals surface area contributed by atoms with Crippen molar-refractivity contribution in [1.29, 1.82) is 0 Å². The molecule has 0 amide bonds. The number of hydrogen-bond donors (Lipinski definition) is 1. The fourth-order valence-corrected chi connectivity index (χ4v) is 2.79. The van der Waals surface area contributed by atoms with Gasteiger partial charge in [0.1, 0.15) is 5.60 Å². The summed E-state index contributed by atoms with van der Waals surface area (Å²) < 4.78 is 5.90. The van der Waals surface area contributed by atoms with Crippen LogP contribution in [0.3, 0.4) is 0 Å². The van der Waals surface area contributed by atoms with Crippen LogP contribution in [-0.2, 0) is 10.3 Å². The maximum Gasteiger partial charge on any atom is 0.187 e. The van der Waals surface area contributed by atoms with Crippen LogP contribution >= 0.6 is 11.3 Å². The van der Waals surface area contributed by atoms with Crippen molar-refractivity contribution in [3.8, 4) is 0 Å². The van der Waals surface area contributed by atoms with Gasteiger partial charge in [-0.2, -0.15) is 0 Å². The third-order valence-electron chi connectivity index (χ3n) is 2.68. The minimum atomic E-state index is -0.360. The van der Waals surface area contributed by atoms with Crippen LogP contribution in [0.5, 0.6) is 0 Å². The first-order chi connectivity index (χ1) is 8.97. The zero-order valence-electron chi connectivity index (χ0n) is 11.8. The highest BCUT2D eigenvalue weighted by atomic mass is 32.1. The fraction of sp³-hybridized carbons (Fsp3) is 0.400. The summed E-state index contributed by atoms with van der Waals surface area (Å²) in [5.41, 5.74) is 1.65. The Labute approximate surface area is 118 Å². The van der Waals surface area contributed by atoms with E-state index in [2.05, 4.69) is 10.3 Å². The first kappa shape index (κ1) is 14.0. The van der Waals surface area contributed by atoms with Gasteiger partial charge in [-0.05, 0) is 39.8 Å². The van der Waals surface area contributed by atoms with Gasteiger partial charge in [0.05, 0.1) is 11.8 Å². The van der Waals surface area contributed by atoms with E-state index in [-0.39, 0.29) is 11.7 Å². The van der Waals surface area contributed by atoms with E-state index in [0.29, 0.717) is 0 Å². The number of hydrogen-bond acceptors (Lipinski definition) is 4. The SMILES string of the molecule is CC(C)OC(C)(C)c1csc(Nc2ccccc2)n1. The monoisotopic (exact) mass is 276 g/mol. The second kappa shape index (κ2) is 5.72. The van der Waals surface area contributed by atoms with Crippen molar-refractivity contribution in [3.05, 3.63) is 41.4 Å². The standard InChI is InChI=1S/C15H20N2OS/c1-11(2)18-15(3,4)13-10-19-14(17-13)16-12-8-6-5-7-9-12/h5-11H,1-4H3,(H,16,17). The van der Waals surface area contributed by atoms with Crippen LogP contribution in [-0.4, -0.2) is 11.1 Å². The third-order valence-corrected chi connectivity index (χ3v) is 3.43. The molecule has 0 saturated carbocycles. The third kappa shape index (κ3) is 3.78. The van der Waals surface area contributed by atoms with Crippen LogP contribution in [0.1, 0.15) is 33.4 Å². The Balaban J connectivity index is 2.11. The molecule has 1 heterocycles. The number of thiazole rings is 1. The Morgan fingerprint density at radius 1 is 1.21 bits per heavy atom. The fourth-order valence-electron chi connectivity index (χ4n) is 1.90. The number of anilines is 2. The van der Waals surface area contributed by atoms with E-state index in [9.17, 15) is 0 Å². The van der Waals surface area contributed by atoms with Crippen molar-refractivity contribution in [2.45, 2.75) is 39.4 Å². The van der Waals surface area contributed by atoms with E-state index in [1.165, 1.54) is 0 Å². The first-order valence-corrected chi connectivity index (χ1v) is 7.31. The topological polar surface area (TPSA) is 34.1 Å². The highest BCUT2D eigenvalue weighted by Gasteiger charge is 2.25. The maximum absolute atomic E-state index is 5.90. The molecule has 0 atom stereocenters. The largest absolute Gasteiger partial charge is 0.367 e. The van der Waals surface area contributed by atoms with Crippen molar-refractivity contribution in [1.82, 2.24) is 4.98 Å². The van der Waals surface area contributed by atoms with Gasteiger partial charge in [0.15, 0.2) is 5.13 Å². The number of ether oxygens (including phenoxy) is 1. The number of rotatable bonds is 5. The summed E-state index contributed by atoms with van der Waals surface area (Å²) in [5, 5.41) is 6.24. The normalized spacial score (nSPS) is 11.8. The summed E-state index contributed by atoms with van der Waals surface area (Å²) in [6.45, 7) is 8.18. The maximum atomic E-state index is 5.90. The van der Waals surface area contributed by atoms with Crippen molar-refractivity contribution in [2.24, 2.45) is 0 Å². The first-order valence-electron chi connectivity index (χ1n) is 6.43. The predicted octanol–water partition coefficient (Wildman–Crippen LogP) is 4.55. The molecule has 1 aromatic heterocycles. The van der Waals surface area contributed by atoms with Gasteiger partial charge >= 0.3 is 0 Å². The molecule has 3 nitrogen and oxygen atoms in total. The Bertz CT molecular complexity index is 520. The van der Waals surface area contributed by atoms with E-state index < -0.39 is 0 Å². The molecule has 0 aliphatic carbocycles. The molecule has 19 heavy (non-hydrogen) atoms. The smallest absolute Gasteiger partial charge is 0.187 e. The Hall–Kier alpha value is -1.39. The van der Waals surface area contributed by atoms with Crippen molar-refractivity contribution in [3.63, 3.8) is 0 Å². The van der Waals surface area contributed by atoms with Gasteiger partial charge in [-0.1, -0.05) is 18.2 Å². The van der Waals surface area contributed by atoms with Gasteiger partial charge in [0.2, 0.25) is 0 Å². The zero-order chi connectivity index (χ0) is 13.9. The Morgan fingerprint density at radius 2 is 1.89 bits per heavy atom. The Kier molecular flexibility index (Phi) is 4.22. The number of para-hydroxylation sites is 1. The lowest BCUT2D eigenvalue weighted by molar-refractivity contribution is -0.0623. The van der Waals surface area contributed by atoms with E-state index in [0.717, 1.165) is 16.5 Å². The summed E-state index contributed by atoms with van der Waals surface area (Å²) in [5.74, 6) is 0. The second-order valence-corrected chi connectivity index (χ2v) is 6.06. The molecule has 0 aliphatic heterocycles. The minimum absolute atomic E-state index is 0.183. The predicted molar refractivity (Wildman–Crippen MR) is 81.1 cm³/mol. The van der Waals surface area contributed by atoms with Gasteiger partial charge in [0.25, 0.3) is 0 Å². The van der Waals surface area contributed by atoms with Crippen molar-refractivity contribution < 1.29 is 4.74 Å². The summed E-state index contributed by atoms with van der Waals surface area (Å²) in [7, 11) is 0. The lowest BCUT2D eigenvalue weighted by atomic mass is 10.1. The van der Waals surface area contributed by atoms with Gasteiger partial charge in [-0.3, -0.25) is 0 Å². The summed E-state index contributed by atoms with van der Waals surface area (Å²) >= 11 is 1.60. The van der Waals surface area contributed by atoms with Gasteiger partial charge in [-0.25, -0.2) is 4.98 Å². The van der Waals surface area contributed by atoms with Gasteiger partial charge in [-0.15, -0.1) is 11.3 Å². The molecule has 1 N–H and O–H groups in total. The highest BCUT2D eigenvalue weighted by molar-refractivity contribution is 7.13. The molecular formula is C15H20N2OS. The van der Waals surface area contributed by atoms with E-state index in [1.54, 1.807) is 11.3 Å². The van der Waals surface area contributed by atoms with Crippen LogP contribution in [0.25, 0.3) is 0 Å². The van der Waals surface area contributed by atoms with Gasteiger partial charge < -0.3 is 10.1 Å². The molecule has 0 fully saturated rings. The molecule has 0 saturated heterocycles. The summed E-state index contributed by atoms with van der Waals surface area (Å²) in [6.07, 6.45) is 0.183. The number of aromatic nitrogens is 1. The average molecular weight is 276 g/mol. The number of nitrogens with zero attached hydrogens (tertiary/aromatic N) is 1. The molecule has 0 spiro atoms. The van der Waals surface area contributed by atoms with Gasteiger partial charge in [0, 0.05) is 11.1 Å². The lowest BCUT2D eigenvalue weighted by Crippen LogP contribution is -2.25. The molecule has 1 aromatic carbocycles. The molecule has 0 unspecified atom stereocenters. The molecule has 2 rings (SSSR count). The number of nitrogens with one attached hydrogen (secondary N) is 1. The second-order valence-electron chi connectivity index (χ2n) is 5.21. The molecular weight excluding hydrogens is 256 g/mol. The molecule has 102 valence electrons. The Morgan fingerprint density at radius 3 is 2.53 bits per heavy atom. The van der Waals surface area contributed by atoms with E-state index in [4.69, 9.17) is 4.74 Å². The summed E-state index contributed by atoms with van der Waals surface area (Å²) in [4.78, 5) is 4.61.